The van der Waals surface area contributed by atoms with E-state index in [1.165, 1.54) is 4.90 Å². The molecule has 2 fully saturated rings. The van der Waals surface area contributed by atoms with Crippen LogP contribution in [-0.2, 0) is 4.79 Å². The van der Waals surface area contributed by atoms with Crippen molar-refractivity contribution < 1.29 is 23.4 Å². The zero-order chi connectivity index (χ0) is 28.0. The molecule has 212 valence electrons. The number of anilines is 1. The molecule has 0 saturated carbocycles. The van der Waals surface area contributed by atoms with Crippen molar-refractivity contribution in [2.45, 2.75) is 44.9 Å². The van der Waals surface area contributed by atoms with Gasteiger partial charge in [0.05, 0.1) is 11.7 Å². The fourth-order valence-electron chi connectivity index (χ4n) is 5.80. The van der Waals surface area contributed by atoms with E-state index in [9.17, 15) is 9.18 Å². The van der Waals surface area contributed by atoms with Gasteiger partial charge in [0.25, 0.3) is 11.8 Å². The van der Waals surface area contributed by atoms with Crippen molar-refractivity contribution in [3.8, 4) is 17.6 Å². The van der Waals surface area contributed by atoms with Crippen LogP contribution in [0.3, 0.4) is 0 Å². The van der Waals surface area contributed by atoms with Crippen molar-refractivity contribution >= 4 is 22.6 Å². The lowest BCUT2D eigenvalue weighted by Gasteiger charge is -2.38. The average Bonchev–Trinajstić information content (AvgIpc) is 3.59. The number of halogens is 1. The summed E-state index contributed by atoms with van der Waals surface area (Å²) in [6.45, 7) is 10.2. The molecule has 0 aliphatic carbocycles. The Morgan fingerprint density at radius 2 is 2.00 bits per heavy atom. The number of H-pyrrole nitrogens is 1. The van der Waals surface area contributed by atoms with Crippen LogP contribution in [0.5, 0.6) is 17.6 Å². The molecule has 40 heavy (non-hydrogen) atoms. The second kappa shape index (κ2) is 10.6. The van der Waals surface area contributed by atoms with E-state index in [4.69, 9.17) is 19.2 Å². The normalized spacial score (nSPS) is 23.1. The number of rotatable bonds is 6. The number of ether oxygens (including phenoxy) is 3. The molecule has 2 unspecified atom stereocenters. The number of amides is 1. The highest BCUT2D eigenvalue weighted by Gasteiger charge is 2.38. The maximum absolute atomic E-state index is 13.5. The molecule has 0 radical (unpaired) electrons. The number of likely N-dealkylation sites (N-methyl/N-ethyl adjacent to an activating group) is 1. The van der Waals surface area contributed by atoms with Gasteiger partial charge in [-0.3, -0.25) is 9.89 Å². The lowest BCUT2D eigenvalue weighted by atomic mass is 9.95. The molecule has 5 heterocycles. The molecular weight excluding hydrogens is 517 g/mol. The van der Waals surface area contributed by atoms with Crippen LogP contribution in [0.4, 0.5) is 10.2 Å². The predicted octanol–water partition coefficient (Wildman–Crippen LogP) is 3.17. The Kier molecular flexibility index (Phi) is 6.95. The Hall–Kier alpha value is -3.93. The summed E-state index contributed by atoms with van der Waals surface area (Å²) in [4.78, 5) is 27.2. The molecule has 1 aromatic carbocycles. The van der Waals surface area contributed by atoms with E-state index in [2.05, 4.69) is 33.7 Å². The van der Waals surface area contributed by atoms with Gasteiger partial charge in [0.1, 0.15) is 12.7 Å². The number of fused-ring (bicyclic) bond motifs is 2. The Balaban J connectivity index is 1.33. The summed E-state index contributed by atoms with van der Waals surface area (Å²) in [5, 5.41) is 8.21. The number of aromatic amines is 1. The number of aromatic nitrogens is 4. The summed E-state index contributed by atoms with van der Waals surface area (Å²) in [6.07, 6.45) is 3.19. The van der Waals surface area contributed by atoms with Crippen molar-refractivity contribution in [3.05, 3.63) is 41.9 Å². The topological polar surface area (TPSA) is 109 Å². The number of benzene rings is 1. The zero-order valence-electron chi connectivity index (χ0n) is 23.0. The van der Waals surface area contributed by atoms with Crippen LogP contribution >= 0.6 is 0 Å². The Morgan fingerprint density at radius 1 is 1.20 bits per heavy atom. The first-order valence-corrected chi connectivity index (χ1v) is 13.7. The molecule has 2 saturated heterocycles. The molecule has 0 bridgehead atoms. The van der Waals surface area contributed by atoms with Crippen LogP contribution in [0.1, 0.15) is 37.0 Å². The van der Waals surface area contributed by atoms with Gasteiger partial charge in [-0.2, -0.15) is 15.1 Å². The van der Waals surface area contributed by atoms with E-state index in [1.54, 1.807) is 6.20 Å². The lowest BCUT2D eigenvalue weighted by Crippen LogP contribution is -2.49. The number of likely N-dealkylation sites (tertiary alicyclic amines) is 1. The van der Waals surface area contributed by atoms with Gasteiger partial charge in [-0.15, -0.1) is 0 Å². The monoisotopic (exact) mass is 551 g/mol. The highest BCUT2D eigenvalue weighted by molar-refractivity contribution is 5.90. The smallest absolute Gasteiger partial charge is 0.322 e. The minimum absolute atomic E-state index is 0.208. The van der Waals surface area contributed by atoms with Crippen LogP contribution in [0.2, 0.25) is 0 Å². The van der Waals surface area contributed by atoms with Crippen molar-refractivity contribution in [2.75, 3.05) is 51.3 Å². The van der Waals surface area contributed by atoms with Gasteiger partial charge in [-0.25, -0.2) is 4.39 Å². The average molecular weight is 552 g/mol. The summed E-state index contributed by atoms with van der Waals surface area (Å²) >= 11 is 0. The Labute approximate surface area is 231 Å². The van der Waals surface area contributed by atoms with Crippen LogP contribution in [0.25, 0.3) is 10.9 Å². The molecule has 1 amide bonds. The van der Waals surface area contributed by atoms with E-state index in [0.717, 1.165) is 41.4 Å². The first-order chi connectivity index (χ1) is 19.3. The van der Waals surface area contributed by atoms with Gasteiger partial charge in [-0.05, 0) is 51.9 Å². The van der Waals surface area contributed by atoms with Crippen LogP contribution in [-0.4, -0.2) is 94.4 Å². The Bertz CT molecular complexity index is 1440. The summed E-state index contributed by atoms with van der Waals surface area (Å²) in [6, 6.07) is 4.53. The van der Waals surface area contributed by atoms with Crippen molar-refractivity contribution in [2.24, 2.45) is 0 Å². The first-order valence-electron chi connectivity index (χ1n) is 13.7. The molecule has 0 spiro atoms. The van der Waals surface area contributed by atoms with Gasteiger partial charge in [0.15, 0.2) is 17.7 Å². The van der Waals surface area contributed by atoms with Crippen molar-refractivity contribution in [1.29, 1.82) is 0 Å². The largest absolute Gasteiger partial charge is 0.478 e. The predicted molar refractivity (Wildman–Crippen MR) is 147 cm³/mol. The molecule has 2 aromatic heterocycles. The fraction of sp³-hybridized carbons (Fsp3) is 0.500. The van der Waals surface area contributed by atoms with Crippen molar-refractivity contribution in [3.63, 3.8) is 0 Å². The van der Waals surface area contributed by atoms with Crippen LogP contribution in [0.15, 0.2) is 30.7 Å². The molecule has 11 nitrogen and oxygen atoms in total. The number of carbonyl (C=O) groups excluding carboxylic acids is 1. The molecule has 3 atom stereocenters. The third kappa shape index (κ3) is 4.80. The quantitative estimate of drug-likeness (QED) is 0.462. The number of aryl methyl sites for hydroxylation is 1. The highest BCUT2D eigenvalue weighted by Crippen LogP contribution is 2.46. The van der Waals surface area contributed by atoms with Gasteiger partial charge in [0, 0.05) is 43.2 Å². The third-order valence-corrected chi connectivity index (χ3v) is 8.11. The summed E-state index contributed by atoms with van der Waals surface area (Å²) in [7, 11) is 2.09. The molecular formula is C28H34FN7O4. The first kappa shape index (κ1) is 26.3. The van der Waals surface area contributed by atoms with Gasteiger partial charge in [0.2, 0.25) is 5.75 Å². The molecule has 3 aromatic rings. The maximum atomic E-state index is 13.5. The molecule has 6 rings (SSSR count). The van der Waals surface area contributed by atoms with E-state index >= 15 is 0 Å². The minimum Gasteiger partial charge on any atom is -0.478 e. The molecule has 12 heteroatoms. The standard InChI is InChI=1S/C28H34FN7O4/c1-16-7-8-21-20(14-30-33-21)22(16)23-18(3)39-24-25(35-10-12-36(13-11-35)27(37)17(2)29)31-28(32-26(24)40-23)38-15-19-6-5-9-34(19)4/h7-8,14,18-19,23H,2,5-6,9-13,15H2,1,3-4H3,(H,30,33)/t18-,19?,23?/m1/s1. The molecule has 3 aliphatic rings. The van der Waals surface area contributed by atoms with Crippen molar-refractivity contribution in [1.82, 2.24) is 30.0 Å². The van der Waals surface area contributed by atoms with Crippen LogP contribution < -0.4 is 19.1 Å². The Morgan fingerprint density at radius 3 is 2.73 bits per heavy atom. The number of hydrogen-bond acceptors (Lipinski definition) is 9. The van der Waals surface area contributed by atoms with Gasteiger partial charge < -0.3 is 28.9 Å². The number of carbonyl (C=O) groups is 1. The second-order valence-electron chi connectivity index (χ2n) is 10.7. The minimum atomic E-state index is -0.958. The maximum Gasteiger partial charge on any atom is 0.322 e. The number of nitrogens with one attached hydrogen (secondary N) is 1. The number of nitrogens with zero attached hydrogens (tertiary/aromatic N) is 6. The van der Waals surface area contributed by atoms with E-state index in [0.29, 0.717) is 50.2 Å². The molecule has 1 N–H and O–H groups in total. The summed E-state index contributed by atoms with van der Waals surface area (Å²) in [5.74, 6) is -0.373. The van der Waals surface area contributed by atoms with Gasteiger partial charge >= 0.3 is 6.01 Å². The lowest BCUT2D eigenvalue weighted by molar-refractivity contribution is -0.128. The number of hydrogen-bond donors (Lipinski definition) is 1. The highest BCUT2D eigenvalue weighted by atomic mass is 19.1. The van der Waals surface area contributed by atoms with E-state index in [1.807, 2.05) is 30.9 Å². The second-order valence-corrected chi connectivity index (χ2v) is 10.7. The van der Waals surface area contributed by atoms with E-state index in [-0.39, 0.29) is 18.2 Å². The van der Waals surface area contributed by atoms with Crippen LogP contribution in [0, 0.1) is 6.92 Å². The SMILES string of the molecule is C=C(F)C(=O)N1CCN(c2nc(OCC3CCCN3C)nc3c2O[C@H](C)C(c2c(C)ccc4[nH]ncc24)O3)CC1. The summed E-state index contributed by atoms with van der Waals surface area (Å²) in [5.41, 5.74) is 2.96. The number of piperazine rings is 1. The third-order valence-electron chi connectivity index (χ3n) is 8.11. The zero-order valence-corrected chi connectivity index (χ0v) is 23.0. The van der Waals surface area contributed by atoms with E-state index < -0.39 is 17.8 Å². The summed E-state index contributed by atoms with van der Waals surface area (Å²) < 4.78 is 32.7. The molecule has 3 aliphatic heterocycles. The van der Waals surface area contributed by atoms with Gasteiger partial charge in [-0.1, -0.05) is 12.6 Å². The fourth-order valence-corrected chi connectivity index (χ4v) is 5.80.